The molecule has 1 aromatic heterocycles. The van der Waals surface area contributed by atoms with Crippen LogP contribution in [0.15, 0.2) is 45.6 Å². The van der Waals surface area contributed by atoms with E-state index in [1.54, 1.807) is 30.3 Å². The molecule has 5 nitrogen and oxygen atoms in total. The van der Waals surface area contributed by atoms with Gasteiger partial charge in [0.15, 0.2) is 5.56 Å². The van der Waals surface area contributed by atoms with E-state index in [0.717, 1.165) is 0 Å². The van der Waals surface area contributed by atoms with Gasteiger partial charge in [-0.1, -0.05) is 18.2 Å². The zero-order chi connectivity index (χ0) is 13.1. The van der Waals surface area contributed by atoms with E-state index in [4.69, 9.17) is 4.42 Å². The van der Waals surface area contributed by atoms with E-state index < -0.39 is 22.8 Å². The predicted molar refractivity (Wildman–Crippen MR) is 72.9 cm³/mol. The first kappa shape index (κ1) is 15.5. The number of anilines is 1. The summed E-state index contributed by atoms with van der Waals surface area (Å²) in [5, 5.41) is 12.1. The van der Waals surface area contributed by atoms with Crippen molar-refractivity contribution < 1.29 is 14.3 Å². The SMILES string of the molecule is Cc1cc(O)c(C(=O)Nc2ccccc2)c(=O)o1.[NaH]. The number of amides is 1. The number of hydrogen-bond acceptors (Lipinski definition) is 4. The summed E-state index contributed by atoms with van der Waals surface area (Å²) >= 11 is 0. The molecule has 1 heterocycles. The van der Waals surface area contributed by atoms with Gasteiger partial charge in [0.25, 0.3) is 5.91 Å². The first-order valence-electron chi connectivity index (χ1n) is 5.28. The number of carbonyl (C=O) groups is 1. The third-order valence-electron chi connectivity index (χ3n) is 2.31. The predicted octanol–water partition coefficient (Wildman–Crippen LogP) is 1.26. The van der Waals surface area contributed by atoms with Gasteiger partial charge < -0.3 is 14.8 Å². The van der Waals surface area contributed by atoms with Crippen LogP contribution in [0.2, 0.25) is 0 Å². The molecule has 6 heteroatoms. The number of hydrogen-bond donors (Lipinski definition) is 2. The van der Waals surface area contributed by atoms with Crippen molar-refractivity contribution >= 4 is 41.2 Å². The molecule has 0 bridgehead atoms. The van der Waals surface area contributed by atoms with Gasteiger partial charge in [0.2, 0.25) is 0 Å². The molecule has 1 amide bonds. The molecule has 0 aliphatic carbocycles. The molecule has 0 unspecified atom stereocenters. The maximum atomic E-state index is 11.8. The molecule has 19 heavy (non-hydrogen) atoms. The van der Waals surface area contributed by atoms with E-state index in [2.05, 4.69) is 5.32 Å². The van der Waals surface area contributed by atoms with Crippen LogP contribution in [-0.2, 0) is 0 Å². The van der Waals surface area contributed by atoms with Crippen LogP contribution in [-0.4, -0.2) is 40.6 Å². The number of carbonyl (C=O) groups excluding carboxylic acids is 1. The summed E-state index contributed by atoms with van der Waals surface area (Å²) in [6.07, 6.45) is 0. The van der Waals surface area contributed by atoms with Crippen molar-refractivity contribution in [2.75, 3.05) is 5.32 Å². The summed E-state index contributed by atoms with van der Waals surface area (Å²) in [5.74, 6) is -0.849. The van der Waals surface area contributed by atoms with Gasteiger partial charge in [-0.15, -0.1) is 0 Å². The Morgan fingerprint density at radius 1 is 1.26 bits per heavy atom. The van der Waals surface area contributed by atoms with Crippen LogP contribution in [0.5, 0.6) is 5.75 Å². The third-order valence-corrected chi connectivity index (χ3v) is 2.31. The molecule has 94 valence electrons. The second kappa shape index (κ2) is 6.56. The Morgan fingerprint density at radius 3 is 2.47 bits per heavy atom. The van der Waals surface area contributed by atoms with Gasteiger partial charge in [0, 0.05) is 11.8 Å². The molecular formula is C13H12NNaO4. The molecule has 2 N–H and O–H groups in total. The minimum absolute atomic E-state index is 0. The fourth-order valence-electron chi connectivity index (χ4n) is 1.52. The normalized spacial score (nSPS) is 9.53. The average Bonchev–Trinajstić information content (AvgIpc) is 2.28. The van der Waals surface area contributed by atoms with E-state index in [1.807, 2.05) is 0 Å². The van der Waals surface area contributed by atoms with Crippen LogP contribution in [0.1, 0.15) is 16.1 Å². The number of aromatic hydroxyl groups is 1. The van der Waals surface area contributed by atoms with E-state index >= 15 is 0 Å². The quantitative estimate of drug-likeness (QED) is 0.804. The third kappa shape index (κ3) is 3.70. The number of rotatable bonds is 2. The zero-order valence-electron chi connectivity index (χ0n) is 9.64. The second-order valence-electron chi connectivity index (χ2n) is 3.72. The van der Waals surface area contributed by atoms with E-state index in [1.165, 1.54) is 13.0 Å². The molecule has 0 aliphatic rings. The summed E-state index contributed by atoms with van der Waals surface area (Å²) in [6, 6.07) is 9.85. The molecule has 1 aromatic carbocycles. The second-order valence-corrected chi connectivity index (χ2v) is 3.72. The molecule has 0 aliphatic heterocycles. The molecule has 0 fully saturated rings. The van der Waals surface area contributed by atoms with Gasteiger partial charge in [0.1, 0.15) is 11.5 Å². The van der Waals surface area contributed by atoms with Crippen LogP contribution in [0, 0.1) is 6.92 Å². The van der Waals surface area contributed by atoms with Crippen molar-refractivity contribution in [2.24, 2.45) is 0 Å². The fraction of sp³-hybridized carbons (Fsp3) is 0.0769. The number of aryl methyl sites for hydroxylation is 1. The van der Waals surface area contributed by atoms with Gasteiger partial charge in [-0.05, 0) is 19.1 Å². The van der Waals surface area contributed by atoms with Crippen LogP contribution in [0.25, 0.3) is 0 Å². The Hall–Kier alpha value is -1.56. The maximum absolute atomic E-state index is 11.8. The van der Waals surface area contributed by atoms with Gasteiger partial charge in [-0.25, -0.2) is 4.79 Å². The Kier molecular flexibility index (Phi) is 5.35. The Balaban J connectivity index is 0.00000180. The van der Waals surface area contributed by atoms with Crippen LogP contribution in [0.3, 0.4) is 0 Å². The summed E-state index contributed by atoms with van der Waals surface area (Å²) in [6.45, 7) is 1.51. The number of nitrogens with one attached hydrogen (secondary N) is 1. The van der Waals surface area contributed by atoms with Crippen molar-refractivity contribution in [3.8, 4) is 5.75 Å². The Morgan fingerprint density at radius 2 is 1.89 bits per heavy atom. The van der Waals surface area contributed by atoms with Crippen molar-refractivity contribution in [1.29, 1.82) is 0 Å². The van der Waals surface area contributed by atoms with Gasteiger partial charge in [-0.3, -0.25) is 4.79 Å². The van der Waals surface area contributed by atoms with E-state index in [9.17, 15) is 14.7 Å². The topological polar surface area (TPSA) is 79.5 Å². The molecular weight excluding hydrogens is 257 g/mol. The Bertz CT molecular complexity index is 637. The standard InChI is InChI=1S/C13H11NO4.Na.H/c1-8-7-10(15)11(13(17)18-8)12(16)14-9-5-3-2-4-6-9;;/h2-7,15H,1H3,(H,14,16);;. The number of benzene rings is 1. The summed E-state index contributed by atoms with van der Waals surface area (Å²) in [4.78, 5) is 23.3. The zero-order valence-corrected chi connectivity index (χ0v) is 9.64. The Labute approximate surface area is 131 Å². The first-order chi connectivity index (χ1) is 8.58. The summed E-state index contributed by atoms with van der Waals surface area (Å²) in [5.41, 5.74) is -0.729. The fourth-order valence-corrected chi connectivity index (χ4v) is 1.52. The summed E-state index contributed by atoms with van der Waals surface area (Å²) < 4.78 is 4.77. The van der Waals surface area contributed by atoms with E-state index in [0.29, 0.717) is 5.69 Å². The van der Waals surface area contributed by atoms with Crippen LogP contribution in [0.4, 0.5) is 5.69 Å². The molecule has 0 saturated heterocycles. The molecule has 0 atom stereocenters. The molecule has 0 radical (unpaired) electrons. The van der Waals surface area contributed by atoms with Gasteiger partial charge in [0.05, 0.1) is 0 Å². The van der Waals surface area contributed by atoms with Gasteiger partial charge in [-0.2, -0.15) is 0 Å². The van der Waals surface area contributed by atoms with Crippen molar-refractivity contribution in [3.05, 3.63) is 58.1 Å². The van der Waals surface area contributed by atoms with Crippen LogP contribution >= 0.6 is 0 Å². The average molecular weight is 269 g/mol. The number of para-hydroxylation sites is 1. The monoisotopic (exact) mass is 269 g/mol. The molecule has 2 rings (SSSR count). The molecule has 0 saturated carbocycles. The van der Waals surface area contributed by atoms with Crippen molar-refractivity contribution in [1.82, 2.24) is 0 Å². The van der Waals surface area contributed by atoms with Crippen LogP contribution < -0.4 is 10.9 Å². The molecule has 2 aromatic rings. The molecule has 0 spiro atoms. The van der Waals surface area contributed by atoms with E-state index in [-0.39, 0.29) is 35.3 Å². The minimum atomic E-state index is -0.860. The summed E-state index contributed by atoms with van der Waals surface area (Å²) in [7, 11) is 0. The van der Waals surface area contributed by atoms with Crippen molar-refractivity contribution in [2.45, 2.75) is 6.92 Å². The van der Waals surface area contributed by atoms with Gasteiger partial charge >= 0.3 is 35.2 Å². The van der Waals surface area contributed by atoms with Crippen molar-refractivity contribution in [3.63, 3.8) is 0 Å². The first-order valence-corrected chi connectivity index (χ1v) is 5.28.